The number of anilines is 1. The Hall–Kier alpha value is -1.59. The van der Waals surface area contributed by atoms with Gasteiger partial charge in [0, 0.05) is 17.6 Å². The number of hydrogen-bond acceptors (Lipinski definition) is 3. The highest BCUT2D eigenvalue weighted by atomic mass is 79.9. The van der Waals surface area contributed by atoms with E-state index in [9.17, 15) is 4.79 Å². The molecule has 1 N–H and O–H groups in total. The molecule has 0 saturated heterocycles. The lowest BCUT2D eigenvalue weighted by atomic mass is 10.3. The molecule has 0 saturated carbocycles. The number of carbonyl (C=O) groups is 1. The SMILES string of the molecule is CC(=O)Nc1ccccc1Oc1ncc(Br)cc1Cl. The molecule has 1 amide bonds. The number of hydrogen-bond donors (Lipinski definition) is 1. The Morgan fingerprint density at radius 3 is 2.84 bits per heavy atom. The summed E-state index contributed by atoms with van der Waals surface area (Å²) in [6.45, 7) is 1.43. The van der Waals surface area contributed by atoms with Crippen molar-refractivity contribution in [2.24, 2.45) is 0 Å². The van der Waals surface area contributed by atoms with Crippen LogP contribution in [0.15, 0.2) is 41.0 Å². The average Bonchev–Trinajstić information content (AvgIpc) is 2.34. The van der Waals surface area contributed by atoms with Crippen molar-refractivity contribution in [1.82, 2.24) is 4.98 Å². The van der Waals surface area contributed by atoms with E-state index in [1.54, 1.807) is 36.5 Å². The first-order valence-electron chi connectivity index (χ1n) is 5.42. The molecule has 98 valence electrons. The summed E-state index contributed by atoms with van der Waals surface area (Å²) in [6, 6.07) is 8.75. The summed E-state index contributed by atoms with van der Waals surface area (Å²) in [5, 5.41) is 3.06. The molecule has 0 atom stereocenters. The van der Waals surface area contributed by atoms with Crippen LogP contribution in [0.4, 0.5) is 5.69 Å². The molecule has 0 radical (unpaired) electrons. The average molecular weight is 342 g/mol. The molecule has 1 heterocycles. The van der Waals surface area contributed by atoms with Crippen LogP contribution in [0.25, 0.3) is 0 Å². The number of halogens is 2. The molecule has 0 unspecified atom stereocenters. The lowest BCUT2D eigenvalue weighted by Crippen LogP contribution is -2.06. The van der Waals surface area contributed by atoms with E-state index >= 15 is 0 Å². The number of carbonyl (C=O) groups excluding carboxylic acids is 1. The maximum absolute atomic E-state index is 11.1. The molecule has 4 nitrogen and oxygen atoms in total. The summed E-state index contributed by atoms with van der Waals surface area (Å²) in [5.41, 5.74) is 0.566. The molecule has 6 heteroatoms. The van der Waals surface area contributed by atoms with E-state index in [4.69, 9.17) is 16.3 Å². The fourth-order valence-corrected chi connectivity index (χ4v) is 2.10. The van der Waals surface area contributed by atoms with Gasteiger partial charge < -0.3 is 10.1 Å². The largest absolute Gasteiger partial charge is 0.435 e. The second kappa shape index (κ2) is 6.04. The van der Waals surface area contributed by atoms with Crippen molar-refractivity contribution < 1.29 is 9.53 Å². The molecule has 2 rings (SSSR count). The Kier molecular flexibility index (Phi) is 4.39. The number of nitrogens with zero attached hydrogens (tertiary/aromatic N) is 1. The maximum atomic E-state index is 11.1. The van der Waals surface area contributed by atoms with Gasteiger partial charge in [-0.2, -0.15) is 0 Å². The van der Waals surface area contributed by atoms with Gasteiger partial charge in [-0.15, -0.1) is 0 Å². The van der Waals surface area contributed by atoms with Gasteiger partial charge in [-0.1, -0.05) is 23.7 Å². The summed E-state index contributed by atoms with van der Waals surface area (Å²) in [4.78, 5) is 15.2. The Labute approximate surface area is 123 Å². The smallest absolute Gasteiger partial charge is 0.238 e. The molecule has 0 fully saturated rings. The zero-order valence-corrected chi connectivity index (χ0v) is 12.3. The molecule has 0 aliphatic carbocycles. The van der Waals surface area contributed by atoms with E-state index in [-0.39, 0.29) is 11.8 Å². The monoisotopic (exact) mass is 340 g/mol. The Morgan fingerprint density at radius 2 is 2.16 bits per heavy atom. The number of amides is 1. The number of rotatable bonds is 3. The standard InChI is InChI=1S/C13H10BrClN2O2/c1-8(18)17-11-4-2-3-5-12(11)19-13-10(15)6-9(14)7-16-13/h2-7H,1H3,(H,17,18). The Bertz CT molecular complexity index is 619. The second-order valence-corrected chi connectivity index (χ2v) is 5.04. The normalized spacial score (nSPS) is 10.1. The highest BCUT2D eigenvalue weighted by Gasteiger charge is 2.09. The summed E-state index contributed by atoms with van der Waals surface area (Å²) in [6.07, 6.45) is 1.59. The molecule has 2 aromatic rings. The number of benzene rings is 1. The van der Waals surface area contributed by atoms with Crippen molar-refractivity contribution >= 4 is 39.1 Å². The van der Waals surface area contributed by atoms with Gasteiger partial charge in [0.1, 0.15) is 5.02 Å². The van der Waals surface area contributed by atoms with Crippen molar-refractivity contribution in [3.8, 4) is 11.6 Å². The second-order valence-electron chi connectivity index (χ2n) is 3.72. The molecule has 1 aromatic carbocycles. The molecule has 1 aromatic heterocycles. The van der Waals surface area contributed by atoms with Crippen LogP contribution in [-0.2, 0) is 4.79 Å². The van der Waals surface area contributed by atoms with Gasteiger partial charge in [0.25, 0.3) is 0 Å². The van der Waals surface area contributed by atoms with Crippen LogP contribution in [0, 0.1) is 0 Å². The predicted octanol–water partition coefficient (Wildman–Crippen LogP) is 4.25. The van der Waals surface area contributed by atoms with E-state index in [1.807, 2.05) is 0 Å². The number of nitrogens with one attached hydrogen (secondary N) is 1. The Balaban J connectivity index is 2.30. The van der Waals surface area contributed by atoms with Crippen LogP contribution in [0.5, 0.6) is 11.6 Å². The fourth-order valence-electron chi connectivity index (χ4n) is 1.43. The highest BCUT2D eigenvalue weighted by Crippen LogP contribution is 2.33. The van der Waals surface area contributed by atoms with Crippen molar-refractivity contribution in [1.29, 1.82) is 0 Å². The van der Waals surface area contributed by atoms with Gasteiger partial charge in [0.05, 0.1) is 5.69 Å². The van der Waals surface area contributed by atoms with Gasteiger partial charge in [-0.3, -0.25) is 4.79 Å². The van der Waals surface area contributed by atoms with Gasteiger partial charge in [-0.25, -0.2) is 4.98 Å². The van der Waals surface area contributed by atoms with Crippen LogP contribution in [-0.4, -0.2) is 10.9 Å². The summed E-state index contributed by atoms with van der Waals surface area (Å²) in [7, 11) is 0. The molecule has 19 heavy (non-hydrogen) atoms. The van der Waals surface area contributed by atoms with Crippen molar-refractivity contribution in [2.75, 3.05) is 5.32 Å². The van der Waals surface area contributed by atoms with E-state index in [1.165, 1.54) is 6.92 Å². The number of pyridine rings is 1. The zero-order chi connectivity index (χ0) is 13.8. The number of aromatic nitrogens is 1. The molecular formula is C13H10BrClN2O2. The summed E-state index contributed by atoms with van der Waals surface area (Å²) >= 11 is 9.30. The van der Waals surface area contributed by atoms with Crippen LogP contribution in [0.3, 0.4) is 0 Å². The van der Waals surface area contributed by atoms with Crippen molar-refractivity contribution in [3.63, 3.8) is 0 Å². The lowest BCUT2D eigenvalue weighted by Gasteiger charge is -2.11. The predicted molar refractivity (Wildman–Crippen MR) is 77.8 cm³/mol. The lowest BCUT2D eigenvalue weighted by molar-refractivity contribution is -0.114. The topological polar surface area (TPSA) is 51.2 Å². The van der Waals surface area contributed by atoms with Crippen LogP contribution in [0.1, 0.15) is 6.92 Å². The molecule has 0 spiro atoms. The summed E-state index contributed by atoms with van der Waals surface area (Å²) < 4.78 is 6.38. The first-order chi connectivity index (χ1) is 9.06. The molecule has 0 bridgehead atoms. The van der Waals surface area contributed by atoms with Gasteiger partial charge in [0.15, 0.2) is 5.75 Å². The Morgan fingerprint density at radius 1 is 1.42 bits per heavy atom. The van der Waals surface area contributed by atoms with Gasteiger partial charge in [0.2, 0.25) is 11.8 Å². The summed E-state index contributed by atoms with van der Waals surface area (Å²) in [5.74, 6) is 0.586. The minimum Gasteiger partial charge on any atom is -0.435 e. The van der Waals surface area contributed by atoms with Gasteiger partial charge in [-0.05, 0) is 34.1 Å². The zero-order valence-electron chi connectivity index (χ0n) is 9.98. The quantitative estimate of drug-likeness (QED) is 0.908. The fraction of sp³-hybridized carbons (Fsp3) is 0.0769. The van der Waals surface area contributed by atoms with Crippen LogP contribution in [0.2, 0.25) is 5.02 Å². The molecule has 0 aliphatic heterocycles. The van der Waals surface area contributed by atoms with E-state index in [0.29, 0.717) is 16.5 Å². The van der Waals surface area contributed by atoms with E-state index in [0.717, 1.165) is 4.47 Å². The third kappa shape index (κ3) is 3.68. The van der Waals surface area contributed by atoms with Crippen molar-refractivity contribution in [3.05, 3.63) is 46.0 Å². The number of ether oxygens (including phenoxy) is 1. The minimum absolute atomic E-state index is 0.175. The first-order valence-corrected chi connectivity index (χ1v) is 6.59. The van der Waals surface area contributed by atoms with Crippen molar-refractivity contribution in [2.45, 2.75) is 6.92 Å². The molecular weight excluding hydrogens is 332 g/mol. The van der Waals surface area contributed by atoms with Crippen LogP contribution >= 0.6 is 27.5 Å². The van der Waals surface area contributed by atoms with E-state index < -0.39 is 0 Å². The highest BCUT2D eigenvalue weighted by molar-refractivity contribution is 9.10. The number of para-hydroxylation sites is 2. The van der Waals surface area contributed by atoms with E-state index in [2.05, 4.69) is 26.2 Å². The third-order valence-electron chi connectivity index (χ3n) is 2.18. The minimum atomic E-state index is -0.175. The maximum Gasteiger partial charge on any atom is 0.238 e. The van der Waals surface area contributed by atoms with Crippen LogP contribution < -0.4 is 10.1 Å². The van der Waals surface area contributed by atoms with Gasteiger partial charge >= 0.3 is 0 Å². The first kappa shape index (κ1) is 13.8. The third-order valence-corrected chi connectivity index (χ3v) is 2.88. The molecule has 0 aliphatic rings.